The van der Waals surface area contributed by atoms with Crippen molar-refractivity contribution in [1.82, 2.24) is 4.98 Å². The molecule has 0 bridgehead atoms. The molecule has 4 heteroatoms. The van der Waals surface area contributed by atoms with Gasteiger partial charge in [-0.25, -0.2) is 4.98 Å². The number of nitrogens with two attached hydrogens (primary N) is 2. The van der Waals surface area contributed by atoms with Gasteiger partial charge in [0.2, 0.25) is 0 Å². The normalized spacial score (nSPS) is 11.2. The number of hydrogen-bond acceptors (Lipinski definition) is 4. The predicted octanol–water partition coefficient (Wildman–Crippen LogP) is 3.52. The molecule has 2 aromatic carbocycles. The number of nitrogens with zero attached hydrogens (tertiary/aromatic N) is 1. The third-order valence-electron chi connectivity index (χ3n) is 3.80. The topological polar surface area (TPSA) is 82.0 Å². The second-order valence-electron chi connectivity index (χ2n) is 5.58. The van der Waals surface area contributed by atoms with Crippen LogP contribution in [0.4, 0.5) is 5.69 Å². The average molecular weight is 317 g/mol. The first-order valence-electron chi connectivity index (χ1n) is 7.84. The van der Waals surface area contributed by atoms with Crippen molar-refractivity contribution in [3.8, 4) is 0 Å². The largest absolute Gasteiger partial charge is 0.399 e. The Kier molecular flexibility index (Phi) is 4.68. The van der Waals surface area contributed by atoms with Crippen molar-refractivity contribution in [3.63, 3.8) is 0 Å². The van der Waals surface area contributed by atoms with Gasteiger partial charge >= 0.3 is 0 Å². The quantitative estimate of drug-likeness (QED) is 0.557. The molecule has 3 aromatic rings. The number of anilines is 1. The van der Waals surface area contributed by atoms with Crippen LogP contribution in [0, 0.1) is 0 Å². The highest BCUT2D eigenvalue weighted by molar-refractivity contribution is 5.99. The lowest BCUT2D eigenvalue weighted by molar-refractivity contribution is 0.0981. The number of Topliss-reactive ketones (excluding diaryl/α,β-unsaturated/α-hetero) is 1. The lowest BCUT2D eigenvalue weighted by Gasteiger charge is -2.06. The molecule has 0 saturated heterocycles. The van der Waals surface area contributed by atoms with Gasteiger partial charge in [-0.2, -0.15) is 0 Å². The molecule has 0 amide bonds. The summed E-state index contributed by atoms with van der Waals surface area (Å²) in [5.74, 6) is -0.0367. The van der Waals surface area contributed by atoms with Crippen LogP contribution in [-0.4, -0.2) is 17.3 Å². The Labute approximate surface area is 140 Å². The zero-order valence-corrected chi connectivity index (χ0v) is 13.3. The molecule has 1 heterocycles. The van der Waals surface area contributed by atoms with Crippen LogP contribution in [0.15, 0.2) is 54.6 Å². The van der Waals surface area contributed by atoms with E-state index in [9.17, 15) is 4.79 Å². The van der Waals surface area contributed by atoms with Gasteiger partial charge in [-0.3, -0.25) is 4.79 Å². The van der Waals surface area contributed by atoms with Crippen molar-refractivity contribution >= 4 is 34.5 Å². The van der Waals surface area contributed by atoms with Crippen molar-refractivity contribution < 1.29 is 4.79 Å². The molecule has 0 fully saturated rings. The zero-order valence-electron chi connectivity index (χ0n) is 13.3. The van der Waals surface area contributed by atoms with Gasteiger partial charge in [-0.15, -0.1) is 0 Å². The molecule has 3 rings (SSSR count). The molecule has 0 aliphatic heterocycles. The SMILES string of the molecule is NCCC(=O)c1cc(C=Cc2ccc(N)cc2)c2ccccc2n1. The van der Waals surface area contributed by atoms with Crippen LogP contribution in [0.25, 0.3) is 23.1 Å². The Morgan fingerprint density at radius 2 is 1.79 bits per heavy atom. The number of benzene rings is 2. The predicted molar refractivity (Wildman–Crippen MR) is 99.5 cm³/mol. The molecular formula is C20H19N3O. The summed E-state index contributed by atoms with van der Waals surface area (Å²) >= 11 is 0. The van der Waals surface area contributed by atoms with Gasteiger partial charge in [0.15, 0.2) is 5.78 Å². The summed E-state index contributed by atoms with van der Waals surface area (Å²) in [4.78, 5) is 16.6. The van der Waals surface area contributed by atoms with E-state index in [4.69, 9.17) is 11.5 Å². The molecule has 1 aromatic heterocycles. The van der Waals surface area contributed by atoms with E-state index in [1.54, 1.807) is 0 Å². The smallest absolute Gasteiger partial charge is 0.182 e. The molecular weight excluding hydrogens is 298 g/mol. The molecule has 0 aliphatic rings. The minimum Gasteiger partial charge on any atom is -0.399 e. The van der Waals surface area contributed by atoms with Crippen LogP contribution < -0.4 is 11.5 Å². The van der Waals surface area contributed by atoms with Gasteiger partial charge in [-0.1, -0.05) is 42.5 Å². The number of carbonyl (C=O) groups excluding carboxylic acids is 1. The van der Waals surface area contributed by atoms with E-state index in [2.05, 4.69) is 4.98 Å². The first kappa shape index (κ1) is 15.9. The van der Waals surface area contributed by atoms with Crippen LogP contribution in [0.2, 0.25) is 0 Å². The number of rotatable bonds is 5. The fourth-order valence-electron chi connectivity index (χ4n) is 2.54. The molecule has 120 valence electrons. The first-order chi connectivity index (χ1) is 11.7. The van der Waals surface area contributed by atoms with Crippen LogP contribution in [-0.2, 0) is 0 Å². The van der Waals surface area contributed by atoms with Gasteiger partial charge in [0.25, 0.3) is 0 Å². The number of para-hydroxylation sites is 1. The minimum absolute atomic E-state index is 0.0367. The van der Waals surface area contributed by atoms with Crippen molar-refractivity contribution in [2.45, 2.75) is 6.42 Å². The molecule has 4 N–H and O–H groups in total. The highest BCUT2D eigenvalue weighted by Crippen LogP contribution is 2.21. The van der Waals surface area contributed by atoms with Gasteiger partial charge in [0, 0.05) is 17.5 Å². The maximum atomic E-state index is 12.2. The highest BCUT2D eigenvalue weighted by Gasteiger charge is 2.10. The minimum atomic E-state index is -0.0367. The summed E-state index contributed by atoms with van der Waals surface area (Å²) in [5, 5.41) is 1.01. The Morgan fingerprint density at radius 3 is 2.54 bits per heavy atom. The number of aromatic nitrogens is 1. The summed E-state index contributed by atoms with van der Waals surface area (Å²) in [7, 11) is 0. The number of carbonyl (C=O) groups is 1. The summed E-state index contributed by atoms with van der Waals surface area (Å²) in [6, 6.07) is 17.3. The molecule has 0 atom stereocenters. The summed E-state index contributed by atoms with van der Waals surface area (Å²) in [6.07, 6.45) is 4.29. The number of fused-ring (bicyclic) bond motifs is 1. The third kappa shape index (κ3) is 3.50. The second kappa shape index (κ2) is 7.06. The molecule has 0 radical (unpaired) electrons. The lowest BCUT2D eigenvalue weighted by atomic mass is 10.0. The zero-order chi connectivity index (χ0) is 16.9. The Balaban J connectivity index is 2.04. The van der Waals surface area contributed by atoms with Crippen LogP contribution in [0.1, 0.15) is 28.0 Å². The Hall–Kier alpha value is -2.98. The first-order valence-corrected chi connectivity index (χ1v) is 7.84. The van der Waals surface area contributed by atoms with Crippen molar-refractivity contribution in [2.75, 3.05) is 12.3 Å². The Bertz CT molecular complexity index is 898. The number of pyridine rings is 1. The summed E-state index contributed by atoms with van der Waals surface area (Å²) in [5.41, 5.74) is 15.2. The maximum absolute atomic E-state index is 12.2. The third-order valence-corrected chi connectivity index (χ3v) is 3.80. The summed E-state index contributed by atoms with van der Waals surface area (Å²) in [6.45, 7) is 0.323. The van der Waals surface area contributed by atoms with E-state index in [1.807, 2.05) is 66.7 Å². The second-order valence-corrected chi connectivity index (χ2v) is 5.58. The number of hydrogen-bond donors (Lipinski definition) is 2. The number of ketones is 1. The van der Waals surface area contributed by atoms with E-state index in [1.165, 1.54) is 0 Å². The van der Waals surface area contributed by atoms with Gasteiger partial charge < -0.3 is 11.5 Å². The fourth-order valence-corrected chi connectivity index (χ4v) is 2.54. The van der Waals surface area contributed by atoms with Gasteiger partial charge in [-0.05, 0) is 41.9 Å². The van der Waals surface area contributed by atoms with Crippen LogP contribution in [0.5, 0.6) is 0 Å². The van der Waals surface area contributed by atoms with E-state index in [0.717, 1.165) is 27.7 Å². The Morgan fingerprint density at radius 1 is 1.04 bits per heavy atom. The molecule has 0 aliphatic carbocycles. The molecule has 0 saturated carbocycles. The average Bonchev–Trinajstić information content (AvgIpc) is 2.61. The van der Waals surface area contributed by atoms with Crippen molar-refractivity contribution in [2.24, 2.45) is 5.73 Å². The number of nitrogen functional groups attached to an aromatic ring is 1. The highest BCUT2D eigenvalue weighted by atomic mass is 16.1. The molecule has 4 nitrogen and oxygen atoms in total. The maximum Gasteiger partial charge on any atom is 0.182 e. The van der Waals surface area contributed by atoms with Gasteiger partial charge in [0.05, 0.1) is 5.52 Å². The van der Waals surface area contributed by atoms with E-state index >= 15 is 0 Å². The van der Waals surface area contributed by atoms with E-state index < -0.39 is 0 Å². The van der Waals surface area contributed by atoms with Gasteiger partial charge in [0.1, 0.15) is 5.69 Å². The lowest BCUT2D eigenvalue weighted by Crippen LogP contribution is -2.10. The molecule has 0 spiro atoms. The van der Waals surface area contributed by atoms with Crippen LogP contribution >= 0.6 is 0 Å². The monoisotopic (exact) mass is 317 g/mol. The standard InChI is InChI=1S/C20H19N3O/c21-12-11-20(24)19-13-15(17-3-1-2-4-18(17)23-19)8-5-14-6-9-16(22)10-7-14/h1-10,13H,11-12,21-22H2. The summed E-state index contributed by atoms with van der Waals surface area (Å²) < 4.78 is 0. The van der Waals surface area contributed by atoms with E-state index in [0.29, 0.717) is 18.7 Å². The van der Waals surface area contributed by atoms with Crippen molar-refractivity contribution in [3.05, 3.63) is 71.4 Å². The van der Waals surface area contributed by atoms with Crippen molar-refractivity contribution in [1.29, 1.82) is 0 Å². The fraction of sp³-hybridized carbons (Fsp3) is 0.100. The molecule has 24 heavy (non-hydrogen) atoms. The van der Waals surface area contributed by atoms with Crippen LogP contribution in [0.3, 0.4) is 0 Å². The molecule has 0 unspecified atom stereocenters. The van der Waals surface area contributed by atoms with E-state index in [-0.39, 0.29) is 5.78 Å².